The SMILES string of the molecule is CCc1ccc(C(=O)N(C#N)N(C=O)C(C)(C)C)cc1. The molecule has 0 N–H and O–H groups in total. The summed E-state index contributed by atoms with van der Waals surface area (Å²) in [6.07, 6.45) is 3.13. The van der Waals surface area contributed by atoms with Crippen molar-refractivity contribution in [3.63, 3.8) is 0 Å². The zero-order chi connectivity index (χ0) is 15.3. The number of aryl methyl sites for hydroxylation is 1. The minimum Gasteiger partial charge on any atom is -0.277 e. The Labute approximate surface area is 119 Å². The van der Waals surface area contributed by atoms with Crippen LogP contribution in [0.1, 0.15) is 43.6 Å². The summed E-state index contributed by atoms with van der Waals surface area (Å²) in [7, 11) is 0. The van der Waals surface area contributed by atoms with E-state index in [2.05, 4.69) is 0 Å². The molecule has 0 radical (unpaired) electrons. The third-order valence-corrected chi connectivity index (χ3v) is 2.90. The molecule has 1 aromatic rings. The van der Waals surface area contributed by atoms with Gasteiger partial charge in [0, 0.05) is 5.56 Å². The maximum absolute atomic E-state index is 12.3. The van der Waals surface area contributed by atoms with E-state index in [-0.39, 0.29) is 0 Å². The first-order chi connectivity index (χ1) is 9.35. The van der Waals surface area contributed by atoms with Crippen LogP contribution in [0.2, 0.25) is 0 Å². The minimum atomic E-state index is -0.656. The number of carbonyl (C=O) groups excluding carboxylic acids is 2. The van der Waals surface area contributed by atoms with E-state index in [4.69, 9.17) is 0 Å². The van der Waals surface area contributed by atoms with Gasteiger partial charge in [0.1, 0.15) is 0 Å². The van der Waals surface area contributed by atoms with Crippen LogP contribution in [0.5, 0.6) is 0 Å². The number of carbonyl (C=O) groups is 2. The monoisotopic (exact) mass is 273 g/mol. The molecule has 0 aliphatic heterocycles. The van der Waals surface area contributed by atoms with E-state index in [1.165, 1.54) is 0 Å². The molecule has 0 bridgehead atoms. The van der Waals surface area contributed by atoms with Gasteiger partial charge >= 0.3 is 0 Å². The Morgan fingerprint density at radius 2 is 1.85 bits per heavy atom. The van der Waals surface area contributed by atoms with Crippen LogP contribution in [0, 0.1) is 11.5 Å². The molecule has 0 saturated heterocycles. The molecular formula is C15H19N3O2. The minimum absolute atomic E-state index is 0.375. The highest BCUT2D eigenvalue weighted by Crippen LogP contribution is 2.16. The first-order valence-corrected chi connectivity index (χ1v) is 6.42. The molecule has 0 fully saturated rings. The molecular weight excluding hydrogens is 254 g/mol. The van der Waals surface area contributed by atoms with Gasteiger partial charge < -0.3 is 0 Å². The van der Waals surface area contributed by atoms with Crippen LogP contribution in [-0.4, -0.2) is 27.9 Å². The number of benzene rings is 1. The summed E-state index contributed by atoms with van der Waals surface area (Å²) in [6.45, 7) is 7.27. The molecule has 0 aliphatic carbocycles. The van der Waals surface area contributed by atoms with Gasteiger partial charge in [0.15, 0.2) is 0 Å². The molecule has 0 aromatic heterocycles. The van der Waals surface area contributed by atoms with Crippen LogP contribution >= 0.6 is 0 Å². The molecule has 20 heavy (non-hydrogen) atoms. The number of hydrogen-bond donors (Lipinski definition) is 0. The normalized spacial score (nSPS) is 10.6. The Balaban J connectivity index is 3.08. The van der Waals surface area contributed by atoms with Crippen molar-refractivity contribution in [3.8, 4) is 6.19 Å². The maximum atomic E-state index is 12.3. The molecule has 0 spiro atoms. The average Bonchev–Trinajstić information content (AvgIpc) is 2.42. The van der Waals surface area contributed by atoms with E-state index in [0.29, 0.717) is 12.0 Å². The van der Waals surface area contributed by atoms with Gasteiger partial charge in [0.25, 0.3) is 5.91 Å². The molecule has 0 aliphatic rings. The summed E-state index contributed by atoms with van der Waals surface area (Å²) in [4.78, 5) is 23.5. The quantitative estimate of drug-likeness (QED) is 0.366. The Kier molecular flexibility index (Phi) is 4.87. The lowest BCUT2D eigenvalue weighted by molar-refractivity contribution is -0.135. The Bertz CT molecular complexity index is 524. The van der Waals surface area contributed by atoms with Crippen LogP contribution in [0.3, 0.4) is 0 Å². The van der Waals surface area contributed by atoms with Crippen LogP contribution in [-0.2, 0) is 11.2 Å². The van der Waals surface area contributed by atoms with Gasteiger partial charge in [-0.3, -0.25) is 9.59 Å². The van der Waals surface area contributed by atoms with Crippen molar-refractivity contribution in [2.45, 2.75) is 39.7 Å². The second kappa shape index (κ2) is 6.20. The van der Waals surface area contributed by atoms with Crippen molar-refractivity contribution in [3.05, 3.63) is 35.4 Å². The number of hydrogen-bond acceptors (Lipinski definition) is 3. The fourth-order valence-electron chi connectivity index (χ4n) is 1.70. The molecule has 0 atom stereocenters. The first kappa shape index (κ1) is 15.7. The highest BCUT2D eigenvalue weighted by molar-refractivity contribution is 5.95. The number of hydrazine groups is 1. The van der Waals surface area contributed by atoms with E-state index >= 15 is 0 Å². The van der Waals surface area contributed by atoms with Gasteiger partial charge in [-0.05, 0) is 44.9 Å². The van der Waals surface area contributed by atoms with E-state index < -0.39 is 11.4 Å². The average molecular weight is 273 g/mol. The van der Waals surface area contributed by atoms with Gasteiger partial charge in [-0.2, -0.15) is 5.26 Å². The van der Waals surface area contributed by atoms with Crippen molar-refractivity contribution in [1.82, 2.24) is 10.0 Å². The molecule has 0 heterocycles. The zero-order valence-corrected chi connectivity index (χ0v) is 12.3. The zero-order valence-electron chi connectivity index (χ0n) is 12.3. The Morgan fingerprint density at radius 3 is 2.20 bits per heavy atom. The molecule has 1 aromatic carbocycles. The fraction of sp³-hybridized carbons (Fsp3) is 0.400. The van der Waals surface area contributed by atoms with E-state index in [9.17, 15) is 14.9 Å². The van der Waals surface area contributed by atoms with Crippen molar-refractivity contribution in [2.75, 3.05) is 0 Å². The van der Waals surface area contributed by atoms with Gasteiger partial charge in [-0.25, -0.2) is 5.01 Å². The maximum Gasteiger partial charge on any atom is 0.286 e. The van der Waals surface area contributed by atoms with Crippen LogP contribution in [0.15, 0.2) is 24.3 Å². The van der Waals surface area contributed by atoms with Gasteiger partial charge in [0.05, 0.1) is 5.54 Å². The van der Waals surface area contributed by atoms with E-state index in [1.54, 1.807) is 39.1 Å². The number of amides is 2. The van der Waals surface area contributed by atoms with E-state index in [1.807, 2.05) is 19.1 Å². The predicted molar refractivity (Wildman–Crippen MR) is 75.3 cm³/mol. The molecule has 2 amide bonds. The lowest BCUT2D eigenvalue weighted by Gasteiger charge is -2.36. The summed E-state index contributed by atoms with van der Waals surface area (Å²) in [5.74, 6) is -0.517. The molecule has 5 heteroatoms. The third-order valence-electron chi connectivity index (χ3n) is 2.90. The highest BCUT2D eigenvalue weighted by atomic mass is 16.2. The summed E-state index contributed by atoms with van der Waals surface area (Å²) in [6, 6.07) is 7.00. The summed E-state index contributed by atoms with van der Waals surface area (Å²) in [5, 5.41) is 11.0. The standard InChI is InChI=1S/C15H19N3O2/c1-5-12-6-8-13(9-7-12)14(20)17(10-16)18(11-19)15(2,3)4/h6-9,11H,5H2,1-4H3. The molecule has 5 nitrogen and oxygen atoms in total. The number of nitriles is 1. The summed E-state index contributed by atoms with van der Waals surface area (Å²) < 4.78 is 0. The van der Waals surface area contributed by atoms with Crippen molar-refractivity contribution >= 4 is 12.3 Å². The molecule has 0 unspecified atom stereocenters. The van der Waals surface area contributed by atoms with Crippen LogP contribution in [0.4, 0.5) is 0 Å². The smallest absolute Gasteiger partial charge is 0.277 e. The lowest BCUT2D eigenvalue weighted by atomic mass is 10.1. The summed E-state index contributed by atoms with van der Waals surface area (Å²) >= 11 is 0. The molecule has 0 saturated carbocycles. The Morgan fingerprint density at radius 1 is 1.30 bits per heavy atom. The second-order valence-electron chi connectivity index (χ2n) is 5.39. The lowest BCUT2D eigenvalue weighted by Crippen LogP contribution is -2.52. The van der Waals surface area contributed by atoms with Crippen molar-refractivity contribution in [1.29, 1.82) is 5.26 Å². The number of nitrogens with zero attached hydrogens (tertiary/aromatic N) is 3. The van der Waals surface area contributed by atoms with Gasteiger partial charge in [-0.1, -0.05) is 19.1 Å². The van der Waals surface area contributed by atoms with Crippen molar-refractivity contribution in [2.24, 2.45) is 0 Å². The van der Waals surface area contributed by atoms with Crippen molar-refractivity contribution < 1.29 is 9.59 Å². The van der Waals surface area contributed by atoms with Gasteiger partial charge in [-0.15, -0.1) is 5.01 Å². The molecule has 106 valence electrons. The third kappa shape index (κ3) is 3.35. The Hall–Kier alpha value is -2.35. The second-order valence-corrected chi connectivity index (χ2v) is 5.39. The largest absolute Gasteiger partial charge is 0.286 e. The molecule has 1 rings (SSSR count). The highest BCUT2D eigenvalue weighted by Gasteiger charge is 2.30. The van der Waals surface area contributed by atoms with Gasteiger partial charge in [0.2, 0.25) is 12.6 Å². The van der Waals surface area contributed by atoms with Crippen LogP contribution < -0.4 is 0 Å². The topological polar surface area (TPSA) is 64.4 Å². The predicted octanol–water partition coefficient (Wildman–Crippen LogP) is 2.34. The van der Waals surface area contributed by atoms with Crippen LogP contribution in [0.25, 0.3) is 0 Å². The first-order valence-electron chi connectivity index (χ1n) is 6.42. The van der Waals surface area contributed by atoms with E-state index in [0.717, 1.165) is 22.0 Å². The number of rotatable bonds is 4. The fourth-order valence-corrected chi connectivity index (χ4v) is 1.70. The summed E-state index contributed by atoms with van der Waals surface area (Å²) in [5.41, 5.74) is 0.823.